The molecule has 0 aliphatic carbocycles. The van der Waals surface area contributed by atoms with E-state index < -0.39 is 6.10 Å². The molecule has 1 aliphatic heterocycles. The number of fused-ring (bicyclic) bond motifs is 2. The van der Waals surface area contributed by atoms with Crippen LogP contribution in [0.5, 0.6) is 5.75 Å². The number of pyridine rings is 1. The van der Waals surface area contributed by atoms with Gasteiger partial charge >= 0.3 is 0 Å². The zero-order valence-electron chi connectivity index (χ0n) is 17.9. The Bertz CT molecular complexity index is 1190. The van der Waals surface area contributed by atoms with Gasteiger partial charge in [-0.25, -0.2) is 0 Å². The molecule has 0 radical (unpaired) electrons. The maximum Gasteiger partial charge on any atom is 0.120 e. The number of hydrogen-bond donors (Lipinski definition) is 1. The molecule has 4 aromatic rings. The molecule has 0 unspecified atom stereocenters. The van der Waals surface area contributed by atoms with Gasteiger partial charge in [0.25, 0.3) is 0 Å². The number of aliphatic hydroxyl groups excluding tert-OH is 1. The first-order valence-electron chi connectivity index (χ1n) is 10.8. The predicted octanol–water partition coefficient (Wildman–Crippen LogP) is 4.81. The third-order valence-corrected chi connectivity index (χ3v) is 5.90. The quantitative estimate of drug-likeness (QED) is 0.463. The van der Waals surface area contributed by atoms with Gasteiger partial charge in [0.05, 0.1) is 5.52 Å². The van der Waals surface area contributed by atoms with Crippen molar-refractivity contribution in [3.63, 3.8) is 0 Å². The Balaban J connectivity index is 0.00000245. The average molecular weight is 445 g/mol. The van der Waals surface area contributed by atoms with E-state index in [4.69, 9.17) is 4.74 Å². The molecule has 0 saturated heterocycles. The topological polar surface area (TPSA) is 45.6 Å². The van der Waals surface area contributed by atoms with Crippen LogP contribution in [0.15, 0.2) is 85.1 Å². The summed E-state index contributed by atoms with van der Waals surface area (Å²) in [7, 11) is 0. The van der Waals surface area contributed by atoms with Crippen molar-refractivity contribution in [2.24, 2.45) is 0 Å². The summed E-state index contributed by atoms with van der Waals surface area (Å²) in [4.78, 5) is 6.86. The maximum absolute atomic E-state index is 10.6. The molecule has 2 heterocycles. The SMILES string of the molecule is O[C@H](COc1cccc(-c2cccc3cccnc23)c1)CN1CCc2ccccc2C1.S. The molecule has 0 bridgehead atoms. The summed E-state index contributed by atoms with van der Waals surface area (Å²) < 4.78 is 5.96. The van der Waals surface area contributed by atoms with E-state index in [1.54, 1.807) is 0 Å². The first kappa shape index (κ1) is 22.3. The van der Waals surface area contributed by atoms with E-state index in [0.717, 1.165) is 47.3 Å². The van der Waals surface area contributed by atoms with Crippen LogP contribution in [0, 0.1) is 0 Å². The van der Waals surface area contributed by atoms with Gasteiger partial charge < -0.3 is 9.84 Å². The molecule has 32 heavy (non-hydrogen) atoms. The van der Waals surface area contributed by atoms with Crippen molar-refractivity contribution in [2.75, 3.05) is 19.7 Å². The lowest BCUT2D eigenvalue weighted by molar-refractivity contribution is 0.0638. The Labute approximate surface area is 195 Å². The largest absolute Gasteiger partial charge is 0.491 e. The number of aliphatic hydroxyl groups is 1. The molecule has 0 saturated carbocycles. The van der Waals surface area contributed by atoms with Crippen LogP contribution >= 0.6 is 13.5 Å². The third-order valence-electron chi connectivity index (χ3n) is 5.90. The van der Waals surface area contributed by atoms with Crippen LogP contribution in [0.4, 0.5) is 0 Å². The number of benzene rings is 3. The number of hydrogen-bond acceptors (Lipinski definition) is 4. The van der Waals surface area contributed by atoms with E-state index in [9.17, 15) is 5.11 Å². The Morgan fingerprint density at radius 1 is 0.938 bits per heavy atom. The summed E-state index contributed by atoms with van der Waals surface area (Å²) in [5.74, 6) is 0.758. The van der Waals surface area contributed by atoms with Gasteiger partial charge in [0.1, 0.15) is 18.5 Å². The molecule has 5 rings (SSSR count). The molecule has 0 fully saturated rings. The van der Waals surface area contributed by atoms with Crippen molar-refractivity contribution in [3.8, 4) is 16.9 Å². The molecule has 1 N–H and O–H groups in total. The van der Waals surface area contributed by atoms with E-state index in [0.29, 0.717) is 6.54 Å². The van der Waals surface area contributed by atoms with Gasteiger partial charge in [-0.2, -0.15) is 13.5 Å². The molecule has 0 spiro atoms. The van der Waals surface area contributed by atoms with E-state index in [1.807, 2.05) is 36.5 Å². The lowest BCUT2D eigenvalue weighted by atomic mass is 10.00. The van der Waals surface area contributed by atoms with Crippen LogP contribution in [-0.4, -0.2) is 40.8 Å². The van der Waals surface area contributed by atoms with Crippen LogP contribution in [0.25, 0.3) is 22.0 Å². The van der Waals surface area contributed by atoms with E-state index >= 15 is 0 Å². The lowest BCUT2D eigenvalue weighted by Crippen LogP contribution is -2.38. The van der Waals surface area contributed by atoms with Crippen LogP contribution in [0.3, 0.4) is 0 Å². The van der Waals surface area contributed by atoms with Crippen molar-refractivity contribution < 1.29 is 9.84 Å². The van der Waals surface area contributed by atoms with E-state index in [-0.39, 0.29) is 20.1 Å². The summed E-state index contributed by atoms with van der Waals surface area (Å²) in [6.45, 7) is 2.74. The lowest BCUT2D eigenvalue weighted by Gasteiger charge is -2.30. The fourth-order valence-electron chi connectivity index (χ4n) is 4.34. The summed E-state index contributed by atoms with van der Waals surface area (Å²) in [6.07, 6.45) is 2.32. The van der Waals surface area contributed by atoms with Gasteiger partial charge in [-0.1, -0.05) is 60.7 Å². The predicted molar refractivity (Wildman–Crippen MR) is 134 cm³/mol. The molecule has 5 heteroatoms. The van der Waals surface area contributed by atoms with Gasteiger partial charge in [-0.05, 0) is 41.3 Å². The Kier molecular flexibility index (Phi) is 7.10. The second-order valence-corrected chi connectivity index (χ2v) is 8.13. The summed E-state index contributed by atoms with van der Waals surface area (Å²) in [5, 5.41) is 11.7. The van der Waals surface area contributed by atoms with Crippen molar-refractivity contribution >= 4 is 24.4 Å². The maximum atomic E-state index is 10.6. The number of para-hydroxylation sites is 1. The molecule has 3 aromatic carbocycles. The molecule has 1 aliphatic rings. The second-order valence-electron chi connectivity index (χ2n) is 8.13. The molecule has 164 valence electrons. The summed E-state index contributed by atoms with van der Waals surface area (Å²) in [5.41, 5.74) is 5.90. The van der Waals surface area contributed by atoms with Gasteiger partial charge in [-0.15, -0.1) is 0 Å². The van der Waals surface area contributed by atoms with Gasteiger partial charge in [0.15, 0.2) is 0 Å². The zero-order chi connectivity index (χ0) is 21.0. The molecule has 1 aromatic heterocycles. The first-order chi connectivity index (χ1) is 15.3. The highest BCUT2D eigenvalue weighted by Gasteiger charge is 2.18. The Morgan fingerprint density at radius 2 is 1.75 bits per heavy atom. The number of nitrogens with zero attached hydrogens (tertiary/aromatic N) is 2. The van der Waals surface area contributed by atoms with Crippen molar-refractivity contribution in [1.82, 2.24) is 9.88 Å². The smallest absolute Gasteiger partial charge is 0.120 e. The molecular weight excluding hydrogens is 416 g/mol. The highest BCUT2D eigenvalue weighted by atomic mass is 32.1. The van der Waals surface area contributed by atoms with E-state index in [2.05, 4.69) is 58.4 Å². The monoisotopic (exact) mass is 444 g/mol. The standard InChI is InChI=1S/C27H26N2O2.H2S/c30-24(18-29-15-13-20-6-1-2-7-23(20)17-29)19-31-25-11-3-9-22(16-25)26-12-4-8-21-10-5-14-28-27(21)26;/h1-12,14,16,24,30H,13,15,17-19H2;1H2/t24-;/m0./s1. The van der Waals surface area contributed by atoms with Crippen molar-refractivity contribution in [3.05, 3.63) is 96.2 Å². The zero-order valence-corrected chi connectivity index (χ0v) is 18.9. The van der Waals surface area contributed by atoms with E-state index in [1.165, 1.54) is 11.1 Å². The van der Waals surface area contributed by atoms with Gasteiger partial charge in [0, 0.05) is 36.8 Å². The first-order valence-corrected chi connectivity index (χ1v) is 10.8. The van der Waals surface area contributed by atoms with Crippen molar-refractivity contribution in [2.45, 2.75) is 19.1 Å². The summed E-state index contributed by atoms with van der Waals surface area (Å²) >= 11 is 0. The minimum atomic E-state index is -0.534. The van der Waals surface area contributed by atoms with Crippen molar-refractivity contribution in [1.29, 1.82) is 0 Å². The van der Waals surface area contributed by atoms with Crippen LogP contribution < -0.4 is 4.74 Å². The van der Waals surface area contributed by atoms with Gasteiger partial charge in [0.2, 0.25) is 0 Å². The van der Waals surface area contributed by atoms with Crippen LogP contribution in [-0.2, 0) is 13.0 Å². The fraction of sp³-hybridized carbons (Fsp3) is 0.222. The Hall–Kier alpha value is -2.86. The van der Waals surface area contributed by atoms with Gasteiger partial charge in [-0.3, -0.25) is 9.88 Å². The number of β-amino-alcohol motifs (C(OH)–C–C–N with tert-alkyl or cyclic N) is 1. The highest BCUT2D eigenvalue weighted by Crippen LogP contribution is 2.29. The molecule has 0 amide bonds. The minimum Gasteiger partial charge on any atom is -0.491 e. The normalized spacial score (nSPS) is 14.4. The molecule has 1 atom stereocenters. The number of aromatic nitrogens is 1. The second kappa shape index (κ2) is 10.2. The minimum absolute atomic E-state index is 0. The van der Waals surface area contributed by atoms with Crippen LogP contribution in [0.1, 0.15) is 11.1 Å². The Morgan fingerprint density at radius 3 is 2.66 bits per heavy atom. The molecule has 4 nitrogen and oxygen atoms in total. The fourth-order valence-corrected chi connectivity index (χ4v) is 4.34. The highest BCUT2D eigenvalue weighted by molar-refractivity contribution is 7.59. The number of ether oxygens (including phenoxy) is 1. The number of rotatable bonds is 6. The average Bonchev–Trinajstić information content (AvgIpc) is 2.82. The van der Waals surface area contributed by atoms with Crippen LogP contribution in [0.2, 0.25) is 0 Å². The molecular formula is C27H28N2O2S. The summed E-state index contributed by atoms with van der Waals surface area (Å²) in [6, 6.07) is 26.8. The third kappa shape index (κ3) is 4.96.